The van der Waals surface area contributed by atoms with E-state index in [2.05, 4.69) is 45.7 Å². The summed E-state index contributed by atoms with van der Waals surface area (Å²) in [5, 5.41) is 0. The quantitative estimate of drug-likeness (QED) is 0.685. The summed E-state index contributed by atoms with van der Waals surface area (Å²) in [4.78, 5) is 39.7. The van der Waals surface area contributed by atoms with E-state index in [4.69, 9.17) is 10.5 Å². The third-order valence-electron chi connectivity index (χ3n) is 6.96. The molecule has 2 atom stereocenters. The number of rotatable bonds is 5. The molecule has 0 spiro atoms. The summed E-state index contributed by atoms with van der Waals surface area (Å²) in [6, 6.07) is 8.52. The molecule has 1 aliphatic carbocycles. The summed E-state index contributed by atoms with van der Waals surface area (Å²) in [6.45, 7) is 6.14. The van der Waals surface area contributed by atoms with Crippen molar-refractivity contribution in [2.75, 3.05) is 31.6 Å². The first-order valence-electron chi connectivity index (χ1n) is 11.2. The van der Waals surface area contributed by atoms with Crippen LogP contribution in [-0.4, -0.2) is 64.4 Å². The van der Waals surface area contributed by atoms with Gasteiger partial charge in [-0.2, -0.15) is 9.97 Å². The van der Waals surface area contributed by atoms with Crippen molar-refractivity contribution in [1.29, 1.82) is 0 Å². The van der Waals surface area contributed by atoms with Gasteiger partial charge in [0.25, 0.3) is 0 Å². The van der Waals surface area contributed by atoms with Crippen molar-refractivity contribution in [2.24, 2.45) is 5.73 Å². The molecule has 2 unspecified atom stereocenters. The lowest BCUT2D eigenvalue weighted by Gasteiger charge is -2.40. The third kappa shape index (κ3) is 3.72. The lowest BCUT2D eigenvalue weighted by Crippen LogP contribution is -2.60. The Bertz CT molecular complexity index is 1120. The number of fused-ring (bicyclic) bond motifs is 2. The van der Waals surface area contributed by atoms with E-state index >= 15 is 0 Å². The van der Waals surface area contributed by atoms with Crippen LogP contribution in [0.25, 0.3) is 0 Å². The second kappa shape index (κ2) is 8.47. The fourth-order valence-corrected chi connectivity index (χ4v) is 5.33. The largest absolute Gasteiger partial charge is 0.467 e. The molecule has 0 radical (unpaired) electrons. The lowest BCUT2D eigenvalue weighted by atomic mass is 10.1. The minimum Gasteiger partial charge on any atom is -0.467 e. The Labute approximate surface area is 192 Å². The van der Waals surface area contributed by atoms with E-state index in [0.29, 0.717) is 31.7 Å². The molecule has 1 aromatic heterocycles. The second-order valence-corrected chi connectivity index (χ2v) is 8.72. The number of carbonyl (C=O) groups is 2. The van der Waals surface area contributed by atoms with Gasteiger partial charge in [0.15, 0.2) is 0 Å². The average molecular weight is 449 g/mol. The van der Waals surface area contributed by atoms with E-state index < -0.39 is 11.9 Å². The molecule has 3 heterocycles. The summed E-state index contributed by atoms with van der Waals surface area (Å²) >= 11 is 0. The number of primary amides is 1. The van der Waals surface area contributed by atoms with E-state index in [1.165, 1.54) is 22.1 Å². The zero-order valence-corrected chi connectivity index (χ0v) is 18.7. The highest BCUT2D eigenvalue weighted by atomic mass is 16.5. The molecule has 0 saturated carbocycles. The molecule has 1 fully saturated rings. The monoisotopic (exact) mass is 448 g/mol. The summed E-state index contributed by atoms with van der Waals surface area (Å²) < 4.78 is 5.40. The van der Waals surface area contributed by atoms with Crippen molar-refractivity contribution in [3.8, 4) is 6.01 Å². The molecule has 9 heteroatoms. The van der Waals surface area contributed by atoms with Crippen LogP contribution in [0.15, 0.2) is 36.9 Å². The number of carbonyl (C=O) groups excluding carboxylic acids is 2. The number of nitrogens with zero attached hydrogens (tertiary/aromatic N) is 5. The standard InChI is InChI=1S/C24H28N6O3/c1-3-21(31)30-11-10-28(14-20(30)22(25)32)23-17-12-29(13-18(17)26-24(27-23)33-2)19-9-8-15-6-4-5-7-16(15)19/h3-7,19-20H,1,8-14H2,2H3,(H2,25,32). The summed E-state index contributed by atoms with van der Waals surface area (Å²) in [5.41, 5.74) is 10.4. The fourth-order valence-electron chi connectivity index (χ4n) is 5.33. The van der Waals surface area contributed by atoms with Gasteiger partial charge in [-0.25, -0.2) is 0 Å². The Hall–Kier alpha value is -3.46. The zero-order chi connectivity index (χ0) is 23.1. The van der Waals surface area contributed by atoms with E-state index in [1.807, 2.05) is 4.90 Å². The molecule has 1 aromatic carbocycles. The minimum atomic E-state index is -0.750. The number of hydrogen-bond acceptors (Lipinski definition) is 7. The lowest BCUT2D eigenvalue weighted by molar-refractivity contribution is -0.136. The third-order valence-corrected chi connectivity index (χ3v) is 6.96. The normalized spacial score (nSPS) is 22.1. The van der Waals surface area contributed by atoms with Crippen LogP contribution < -0.4 is 15.4 Å². The predicted octanol–water partition coefficient (Wildman–Crippen LogP) is 1.18. The minimum absolute atomic E-state index is 0.272. The van der Waals surface area contributed by atoms with Gasteiger partial charge in [0.2, 0.25) is 11.8 Å². The summed E-state index contributed by atoms with van der Waals surface area (Å²) in [5.74, 6) is -0.0886. The van der Waals surface area contributed by atoms with Gasteiger partial charge in [0.1, 0.15) is 11.9 Å². The maximum absolute atomic E-state index is 12.2. The predicted molar refractivity (Wildman–Crippen MR) is 122 cm³/mol. The van der Waals surface area contributed by atoms with Gasteiger partial charge in [-0.3, -0.25) is 14.5 Å². The maximum atomic E-state index is 12.2. The molecule has 0 bridgehead atoms. The van der Waals surface area contributed by atoms with Crippen molar-refractivity contribution >= 4 is 17.6 Å². The van der Waals surface area contributed by atoms with Crippen molar-refractivity contribution in [3.63, 3.8) is 0 Å². The average Bonchev–Trinajstić information content (AvgIpc) is 3.46. The van der Waals surface area contributed by atoms with Crippen molar-refractivity contribution in [1.82, 2.24) is 19.8 Å². The molecule has 2 aromatic rings. The molecule has 2 N–H and O–H groups in total. The highest BCUT2D eigenvalue weighted by Crippen LogP contribution is 2.42. The fraction of sp³-hybridized carbons (Fsp3) is 0.417. The van der Waals surface area contributed by atoms with E-state index in [9.17, 15) is 9.59 Å². The molecular weight excluding hydrogens is 420 g/mol. The first-order chi connectivity index (χ1) is 16.0. The number of hydrogen-bond donors (Lipinski definition) is 1. The van der Waals surface area contributed by atoms with Crippen molar-refractivity contribution in [2.45, 2.75) is 38.0 Å². The van der Waals surface area contributed by atoms with Gasteiger partial charge in [-0.1, -0.05) is 30.8 Å². The van der Waals surface area contributed by atoms with Gasteiger partial charge in [-0.05, 0) is 30.0 Å². The number of anilines is 1. The molecule has 33 heavy (non-hydrogen) atoms. The Morgan fingerprint density at radius 3 is 2.79 bits per heavy atom. The van der Waals surface area contributed by atoms with Gasteiger partial charge < -0.3 is 20.3 Å². The van der Waals surface area contributed by atoms with Crippen LogP contribution >= 0.6 is 0 Å². The van der Waals surface area contributed by atoms with Gasteiger partial charge in [0.05, 0.1) is 12.8 Å². The zero-order valence-electron chi connectivity index (χ0n) is 18.7. The van der Waals surface area contributed by atoms with Gasteiger partial charge >= 0.3 is 6.01 Å². The number of methoxy groups -OCH3 is 1. The first kappa shape index (κ1) is 21.4. The van der Waals surface area contributed by atoms with Gasteiger partial charge in [-0.15, -0.1) is 0 Å². The number of benzene rings is 1. The van der Waals surface area contributed by atoms with E-state index in [0.717, 1.165) is 36.5 Å². The van der Waals surface area contributed by atoms with Crippen LogP contribution in [0.4, 0.5) is 5.82 Å². The molecule has 3 aliphatic rings. The summed E-state index contributed by atoms with van der Waals surface area (Å²) in [6.07, 6.45) is 3.38. The van der Waals surface area contributed by atoms with Crippen LogP contribution in [0, 0.1) is 0 Å². The Morgan fingerprint density at radius 2 is 2.03 bits per heavy atom. The van der Waals surface area contributed by atoms with Crippen molar-refractivity contribution < 1.29 is 14.3 Å². The number of piperazine rings is 1. The smallest absolute Gasteiger partial charge is 0.318 e. The number of aryl methyl sites for hydroxylation is 1. The SMILES string of the molecule is C=CC(=O)N1CCN(c2nc(OC)nc3c2CN(C2CCc4ccccc42)C3)CC1C(N)=O. The van der Waals surface area contributed by atoms with Crippen LogP contribution in [0.5, 0.6) is 6.01 Å². The topological polar surface area (TPSA) is 105 Å². The van der Waals surface area contributed by atoms with Crippen LogP contribution in [0.1, 0.15) is 34.8 Å². The highest BCUT2D eigenvalue weighted by molar-refractivity contribution is 5.92. The number of amides is 2. The Morgan fingerprint density at radius 1 is 1.21 bits per heavy atom. The number of aromatic nitrogens is 2. The van der Waals surface area contributed by atoms with Crippen molar-refractivity contribution in [3.05, 3.63) is 59.3 Å². The molecule has 5 rings (SSSR count). The Balaban J connectivity index is 1.44. The van der Waals surface area contributed by atoms with Crippen LogP contribution in [-0.2, 0) is 29.1 Å². The van der Waals surface area contributed by atoms with E-state index in [-0.39, 0.29) is 12.5 Å². The van der Waals surface area contributed by atoms with Gasteiger partial charge in [0, 0.05) is 44.3 Å². The number of nitrogens with two attached hydrogens (primary N) is 1. The second-order valence-electron chi connectivity index (χ2n) is 8.72. The van der Waals surface area contributed by atoms with Crippen LogP contribution in [0.3, 0.4) is 0 Å². The first-order valence-corrected chi connectivity index (χ1v) is 11.2. The molecular formula is C24H28N6O3. The highest BCUT2D eigenvalue weighted by Gasteiger charge is 2.38. The van der Waals surface area contributed by atoms with E-state index in [1.54, 1.807) is 7.11 Å². The molecule has 2 aliphatic heterocycles. The summed E-state index contributed by atoms with van der Waals surface area (Å²) in [7, 11) is 1.55. The molecule has 172 valence electrons. The molecule has 1 saturated heterocycles. The molecule has 9 nitrogen and oxygen atoms in total. The maximum Gasteiger partial charge on any atom is 0.318 e. The van der Waals surface area contributed by atoms with Crippen LogP contribution in [0.2, 0.25) is 0 Å². The number of ether oxygens (including phenoxy) is 1. The Kier molecular flexibility index (Phi) is 5.49. The molecule has 2 amide bonds.